The number of aryl methyl sites for hydroxylation is 1. The molecule has 5 heteroatoms. The molecule has 0 aliphatic carbocycles. The van der Waals surface area contributed by atoms with Gasteiger partial charge in [-0.2, -0.15) is 0 Å². The van der Waals surface area contributed by atoms with Crippen LogP contribution >= 0.6 is 11.3 Å². The molecule has 0 unspecified atom stereocenters. The third-order valence-corrected chi connectivity index (χ3v) is 3.78. The first-order valence-electron chi connectivity index (χ1n) is 6.42. The lowest BCUT2D eigenvalue weighted by atomic mass is 10.1. The summed E-state index contributed by atoms with van der Waals surface area (Å²) in [4.78, 5) is 16.6. The van der Waals surface area contributed by atoms with Gasteiger partial charge >= 0.3 is 0 Å². The van der Waals surface area contributed by atoms with Crippen molar-refractivity contribution in [2.24, 2.45) is 0 Å². The van der Waals surface area contributed by atoms with E-state index in [1.807, 2.05) is 18.4 Å². The van der Waals surface area contributed by atoms with E-state index in [0.29, 0.717) is 22.4 Å². The number of hydrogen-bond acceptors (Lipinski definition) is 4. The molecule has 1 aromatic heterocycles. The van der Waals surface area contributed by atoms with Gasteiger partial charge in [0.2, 0.25) is 0 Å². The van der Waals surface area contributed by atoms with Gasteiger partial charge in [0, 0.05) is 10.9 Å². The zero-order chi connectivity index (χ0) is 14.7. The molecular weight excluding hydrogens is 272 g/mol. The van der Waals surface area contributed by atoms with Gasteiger partial charge in [0.25, 0.3) is 5.91 Å². The first kappa shape index (κ1) is 14.5. The van der Waals surface area contributed by atoms with E-state index in [1.54, 1.807) is 19.2 Å². The molecule has 0 spiro atoms. The molecule has 4 nitrogen and oxygen atoms in total. The van der Waals surface area contributed by atoms with Gasteiger partial charge in [-0.05, 0) is 30.5 Å². The van der Waals surface area contributed by atoms with E-state index in [2.05, 4.69) is 24.1 Å². The average molecular weight is 290 g/mol. The SMILES string of the molecule is COc1cc(C(=O)Nc2nc(C(C)C)cs2)ccc1C. The lowest BCUT2D eigenvalue weighted by Gasteiger charge is -2.07. The second-order valence-corrected chi connectivity index (χ2v) is 5.73. The number of aromatic nitrogens is 1. The van der Waals surface area contributed by atoms with Gasteiger partial charge in [-0.1, -0.05) is 19.9 Å². The summed E-state index contributed by atoms with van der Waals surface area (Å²) in [5, 5.41) is 5.41. The van der Waals surface area contributed by atoms with Gasteiger partial charge in [-0.15, -0.1) is 11.3 Å². The van der Waals surface area contributed by atoms with Crippen LogP contribution in [0.2, 0.25) is 0 Å². The standard InChI is InChI=1S/C15H18N2O2S/c1-9(2)12-8-20-15(16-12)17-14(18)11-6-5-10(3)13(7-11)19-4/h5-9H,1-4H3,(H,16,17,18). The molecule has 0 aliphatic heterocycles. The summed E-state index contributed by atoms with van der Waals surface area (Å²) in [6.07, 6.45) is 0. The molecule has 0 bridgehead atoms. The predicted molar refractivity (Wildman–Crippen MR) is 81.9 cm³/mol. The molecule has 2 aromatic rings. The van der Waals surface area contributed by atoms with Crippen molar-refractivity contribution in [1.29, 1.82) is 0 Å². The number of carbonyl (C=O) groups is 1. The summed E-state index contributed by atoms with van der Waals surface area (Å²) in [5.41, 5.74) is 2.56. The Bertz CT molecular complexity index is 620. The molecule has 20 heavy (non-hydrogen) atoms. The van der Waals surface area contributed by atoms with Crippen molar-refractivity contribution in [3.8, 4) is 5.75 Å². The first-order valence-corrected chi connectivity index (χ1v) is 7.30. The van der Waals surface area contributed by atoms with Crippen molar-refractivity contribution >= 4 is 22.4 Å². The van der Waals surface area contributed by atoms with Crippen molar-refractivity contribution < 1.29 is 9.53 Å². The molecule has 1 amide bonds. The van der Waals surface area contributed by atoms with Gasteiger partial charge in [-0.25, -0.2) is 4.98 Å². The van der Waals surface area contributed by atoms with E-state index in [4.69, 9.17) is 4.74 Å². The Kier molecular flexibility index (Phi) is 4.39. The predicted octanol–water partition coefficient (Wildman–Crippen LogP) is 3.84. The van der Waals surface area contributed by atoms with Crippen LogP contribution in [0.25, 0.3) is 0 Å². The number of nitrogens with one attached hydrogen (secondary N) is 1. The highest BCUT2D eigenvalue weighted by atomic mass is 32.1. The van der Waals surface area contributed by atoms with Gasteiger partial charge in [-0.3, -0.25) is 10.1 Å². The number of amides is 1. The van der Waals surface area contributed by atoms with Crippen LogP contribution in [-0.4, -0.2) is 18.0 Å². The third kappa shape index (κ3) is 3.17. The minimum atomic E-state index is -0.173. The van der Waals surface area contributed by atoms with Crippen LogP contribution in [0, 0.1) is 6.92 Å². The lowest BCUT2D eigenvalue weighted by molar-refractivity contribution is 0.102. The van der Waals surface area contributed by atoms with Crippen LogP contribution in [0.3, 0.4) is 0 Å². The summed E-state index contributed by atoms with van der Waals surface area (Å²) < 4.78 is 5.23. The molecule has 0 fully saturated rings. The number of hydrogen-bond donors (Lipinski definition) is 1. The van der Waals surface area contributed by atoms with Crippen molar-refractivity contribution in [2.45, 2.75) is 26.7 Å². The number of ether oxygens (including phenoxy) is 1. The van der Waals surface area contributed by atoms with Crippen molar-refractivity contribution in [3.05, 3.63) is 40.4 Å². The molecule has 0 saturated heterocycles. The van der Waals surface area contributed by atoms with Crippen molar-refractivity contribution in [3.63, 3.8) is 0 Å². The molecule has 1 N–H and O–H groups in total. The van der Waals surface area contributed by atoms with Crippen LogP contribution in [0.15, 0.2) is 23.6 Å². The Morgan fingerprint density at radius 3 is 2.75 bits per heavy atom. The summed E-state index contributed by atoms with van der Waals surface area (Å²) in [6.45, 7) is 6.09. The Hall–Kier alpha value is -1.88. The number of methoxy groups -OCH3 is 1. The Labute approximate surface area is 122 Å². The van der Waals surface area contributed by atoms with Crippen LogP contribution < -0.4 is 10.1 Å². The number of carbonyl (C=O) groups excluding carboxylic acids is 1. The monoisotopic (exact) mass is 290 g/mol. The number of anilines is 1. The second-order valence-electron chi connectivity index (χ2n) is 4.87. The Morgan fingerprint density at radius 2 is 2.15 bits per heavy atom. The molecule has 2 rings (SSSR count). The van der Waals surface area contributed by atoms with Gasteiger partial charge < -0.3 is 4.74 Å². The van der Waals surface area contributed by atoms with E-state index in [9.17, 15) is 4.79 Å². The minimum Gasteiger partial charge on any atom is -0.496 e. The smallest absolute Gasteiger partial charge is 0.257 e. The highest BCUT2D eigenvalue weighted by Gasteiger charge is 2.12. The number of thiazole rings is 1. The molecule has 0 aliphatic rings. The largest absolute Gasteiger partial charge is 0.496 e. The third-order valence-electron chi connectivity index (χ3n) is 3.00. The quantitative estimate of drug-likeness (QED) is 0.931. The van der Waals surface area contributed by atoms with Crippen LogP contribution in [-0.2, 0) is 0 Å². The number of nitrogens with zero attached hydrogens (tertiary/aromatic N) is 1. The maximum absolute atomic E-state index is 12.2. The van der Waals surface area contributed by atoms with E-state index in [1.165, 1.54) is 11.3 Å². The molecule has 1 aromatic carbocycles. The fourth-order valence-electron chi connectivity index (χ4n) is 1.74. The molecule has 0 atom stereocenters. The molecule has 0 radical (unpaired) electrons. The maximum Gasteiger partial charge on any atom is 0.257 e. The average Bonchev–Trinajstić information content (AvgIpc) is 2.88. The normalized spacial score (nSPS) is 10.7. The van der Waals surface area contributed by atoms with Crippen LogP contribution in [0.1, 0.15) is 41.4 Å². The van der Waals surface area contributed by atoms with Crippen LogP contribution in [0.4, 0.5) is 5.13 Å². The Balaban J connectivity index is 2.15. The zero-order valence-corrected chi connectivity index (χ0v) is 12.9. The van der Waals surface area contributed by atoms with Gasteiger partial charge in [0.1, 0.15) is 5.75 Å². The molecule has 1 heterocycles. The van der Waals surface area contributed by atoms with Crippen molar-refractivity contribution in [1.82, 2.24) is 4.98 Å². The molecule has 0 saturated carbocycles. The fraction of sp³-hybridized carbons (Fsp3) is 0.333. The van der Waals surface area contributed by atoms with E-state index >= 15 is 0 Å². The van der Waals surface area contributed by atoms with Crippen LogP contribution in [0.5, 0.6) is 5.75 Å². The first-order chi connectivity index (χ1) is 9.51. The topological polar surface area (TPSA) is 51.2 Å². The number of benzene rings is 1. The van der Waals surface area contributed by atoms with E-state index in [-0.39, 0.29) is 5.91 Å². The summed E-state index contributed by atoms with van der Waals surface area (Å²) in [6, 6.07) is 5.39. The van der Waals surface area contributed by atoms with E-state index < -0.39 is 0 Å². The van der Waals surface area contributed by atoms with Gasteiger partial charge in [0.05, 0.1) is 12.8 Å². The maximum atomic E-state index is 12.2. The Morgan fingerprint density at radius 1 is 1.40 bits per heavy atom. The second kappa shape index (κ2) is 6.05. The molecule has 106 valence electrons. The van der Waals surface area contributed by atoms with Gasteiger partial charge in [0.15, 0.2) is 5.13 Å². The van der Waals surface area contributed by atoms with Crippen molar-refractivity contribution in [2.75, 3.05) is 12.4 Å². The minimum absolute atomic E-state index is 0.173. The lowest BCUT2D eigenvalue weighted by Crippen LogP contribution is -2.12. The highest BCUT2D eigenvalue weighted by Crippen LogP contribution is 2.23. The zero-order valence-electron chi connectivity index (χ0n) is 12.1. The van der Waals surface area contributed by atoms with E-state index in [0.717, 1.165) is 11.3 Å². The summed E-state index contributed by atoms with van der Waals surface area (Å²) in [7, 11) is 1.60. The highest BCUT2D eigenvalue weighted by molar-refractivity contribution is 7.14. The summed E-state index contributed by atoms with van der Waals surface area (Å²) in [5.74, 6) is 0.893. The molecular formula is C15H18N2O2S. The summed E-state index contributed by atoms with van der Waals surface area (Å²) >= 11 is 1.44. The number of rotatable bonds is 4. The fourth-order valence-corrected chi connectivity index (χ4v) is 2.61.